The monoisotopic (exact) mass is 1170 g/mol. The van der Waals surface area contributed by atoms with Gasteiger partial charge in [0, 0.05) is 60.7 Å². The van der Waals surface area contributed by atoms with Gasteiger partial charge in [-0.15, -0.1) is 0 Å². The van der Waals surface area contributed by atoms with E-state index in [1.807, 2.05) is 12.1 Å². The largest absolute Gasteiger partial charge is 0.507 e. The van der Waals surface area contributed by atoms with Crippen molar-refractivity contribution in [1.82, 2.24) is 41.5 Å². The zero-order valence-corrected chi connectivity index (χ0v) is 46.0. The molecule has 453 valence electrons. The number of carbonyl (C=O) groups excluding carboxylic acids is 8. The van der Waals surface area contributed by atoms with Crippen molar-refractivity contribution in [2.24, 2.45) is 11.7 Å². The molecule has 8 amide bonds. The molecule has 0 unspecified atom stereocenters. The number of benzene rings is 3. The highest BCUT2D eigenvalue weighted by molar-refractivity contribution is 6.00. The molecule has 7 rings (SSSR count). The number of carbonyl (C=O) groups is 8. The molecule has 15 atom stereocenters. The molecule has 0 aliphatic carbocycles. The van der Waals surface area contributed by atoms with E-state index in [9.17, 15) is 84.3 Å². The molecule has 0 bridgehead atoms. The molecule has 28 heteroatoms. The maximum atomic E-state index is 14.6. The summed E-state index contributed by atoms with van der Waals surface area (Å²) in [4.78, 5) is 114. The van der Waals surface area contributed by atoms with Gasteiger partial charge in [-0.3, -0.25) is 38.4 Å². The van der Waals surface area contributed by atoms with E-state index in [1.165, 1.54) is 31.2 Å². The number of phenols is 1. The lowest BCUT2D eigenvalue weighted by molar-refractivity contribution is -0.149. The lowest BCUT2D eigenvalue weighted by Crippen LogP contribution is -2.64. The second-order valence-electron chi connectivity index (χ2n) is 21.2. The molecule has 16 N–H and O–H groups in total. The number of aliphatic hydroxyl groups excluding tert-OH is 8. The Bertz CT molecular complexity index is 2980. The first-order valence-electron chi connectivity index (χ1n) is 27.2. The van der Waals surface area contributed by atoms with Crippen LogP contribution in [0.15, 0.2) is 77.3 Å². The third kappa shape index (κ3) is 15.2. The Morgan fingerprint density at radius 1 is 0.798 bits per heavy atom. The number of nitrogens with two attached hydrogens (primary N) is 1. The number of primary amides is 1. The van der Waals surface area contributed by atoms with Crippen LogP contribution >= 0.6 is 0 Å². The third-order valence-corrected chi connectivity index (χ3v) is 14.8. The van der Waals surface area contributed by atoms with Gasteiger partial charge in [0.05, 0.1) is 37.4 Å². The van der Waals surface area contributed by atoms with Gasteiger partial charge < -0.3 is 97.3 Å². The molecule has 0 saturated carbocycles. The summed E-state index contributed by atoms with van der Waals surface area (Å²) in [5.41, 5.74) is 6.69. The van der Waals surface area contributed by atoms with Crippen LogP contribution in [0.5, 0.6) is 11.5 Å². The zero-order valence-electron chi connectivity index (χ0n) is 46.0. The highest BCUT2D eigenvalue weighted by atomic mass is 16.5. The molecule has 4 aromatic rings. The number of aromatic hydroxyl groups is 1. The predicted molar refractivity (Wildman–Crippen MR) is 290 cm³/mol. The Hall–Kier alpha value is -8.09. The minimum Gasteiger partial charge on any atom is -0.507 e. The van der Waals surface area contributed by atoms with E-state index in [0.717, 1.165) is 49.3 Å². The molecule has 4 heterocycles. The molecule has 3 aliphatic heterocycles. The SMILES string of the molecule is CCCCCOc1ccc(-c2cc(-c3ccc(C(=O)N[C@H]4C[C@@H](O)[C@@H](O)NC(=O)[C@@H]5[C@@H](O)[C@@H](C)CN5C(=O)[C@H]([C@H](O)CC(N)=O)NC(=O)[C@H]([C@H](O)[C@@H](O)c5c[c]c(O)cc5)NC(=O)[C@@H]5C[C@@H](O)CN5C(=O)[C@H]([C@@H](C)O)NC4=O)cc3)no2)cc1. The highest BCUT2D eigenvalue weighted by Gasteiger charge is 2.51. The van der Waals surface area contributed by atoms with Gasteiger partial charge in [0.15, 0.2) is 12.0 Å². The first-order valence-corrected chi connectivity index (χ1v) is 27.2. The Morgan fingerprint density at radius 2 is 1.45 bits per heavy atom. The Morgan fingerprint density at radius 3 is 2.10 bits per heavy atom. The summed E-state index contributed by atoms with van der Waals surface area (Å²) in [5, 5.41) is 116. The summed E-state index contributed by atoms with van der Waals surface area (Å²) >= 11 is 0. The van der Waals surface area contributed by atoms with Crippen LogP contribution in [-0.4, -0.2) is 207 Å². The first kappa shape index (κ1) is 63.5. The van der Waals surface area contributed by atoms with Crippen LogP contribution in [0.1, 0.15) is 81.3 Å². The van der Waals surface area contributed by atoms with E-state index in [2.05, 4.69) is 44.7 Å². The Labute approximate surface area is 480 Å². The second kappa shape index (κ2) is 28.0. The van der Waals surface area contributed by atoms with Gasteiger partial charge in [0.1, 0.15) is 71.8 Å². The van der Waals surface area contributed by atoms with Gasteiger partial charge in [-0.2, -0.15) is 0 Å². The van der Waals surface area contributed by atoms with Crippen molar-refractivity contribution in [2.75, 3.05) is 19.7 Å². The standard InChI is InChI=1S/C56H70N9O19/c1-4-5-6-19-83-34-17-13-29(14-18-34)40-22-35(63-84-40)28-7-9-31(10-8-28)49(75)58-36-21-39(70)52(78)62-54(80)45-46(72)26(2)24-65(45)56(82)43(38(69)23-41(57)71)60-53(79)44(48(74)47(73)30-11-15-32(67)16-12-30)61-51(77)37-20-33(68)25-64(37)55(81)42(27(3)66)59-50(36)76/h7-15,17-18,22,26-27,33,36-39,42-48,52,66-70,72-74,78H,4-6,19-21,23-25H2,1-3H3,(H2,57,71)(H,58,75)(H,59,76)(H,60,79)(H,61,77)(H,62,80)/t26-,27+,33+,36-,37-,38+,39+,42-,43-,44-,45-,46-,47-,48-,52+/m0/s1. The summed E-state index contributed by atoms with van der Waals surface area (Å²) in [6.07, 6.45) is -16.0. The topological polar surface area (TPSA) is 447 Å². The number of amides is 8. The third-order valence-electron chi connectivity index (χ3n) is 14.8. The fourth-order valence-corrected chi connectivity index (χ4v) is 10.1. The molecule has 3 aliphatic rings. The molecule has 1 aromatic heterocycles. The molecule has 1 radical (unpaired) electrons. The molecule has 3 saturated heterocycles. The number of nitrogens with zero attached hydrogens (tertiary/aromatic N) is 3. The number of aliphatic hydroxyl groups is 8. The van der Waals surface area contributed by atoms with E-state index in [4.69, 9.17) is 15.0 Å². The Balaban J connectivity index is 1.21. The molecule has 84 heavy (non-hydrogen) atoms. The zero-order chi connectivity index (χ0) is 61.3. The van der Waals surface area contributed by atoms with Crippen LogP contribution in [-0.2, 0) is 33.6 Å². The number of ether oxygens (including phenoxy) is 1. The minimum atomic E-state index is -2.42. The van der Waals surface area contributed by atoms with Gasteiger partial charge >= 0.3 is 0 Å². The van der Waals surface area contributed by atoms with Crippen LogP contribution < -0.4 is 37.1 Å². The normalized spacial score (nSPS) is 27.2. The number of rotatable bonds is 16. The quantitative estimate of drug-likeness (QED) is 0.0489. The van der Waals surface area contributed by atoms with Crippen LogP contribution in [0.2, 0.25) is 0 Å². The van der Waals surface area contributed by atoms with Gasteiger partial charge in [0.2, 0.25) is 41.4 Å². The number of aromatic nitrogens is 1. The first-order chi connectivity index (χ1) is 39.9. The summed E-state index contributed by atoms with van der Waals surface area (Å²) in [6, 6.07) is 7.80. The summed E-state index contributed by atoms with van der Waals surface area (Å²) in [7, 11) is 0. The van der Waals surface area contributed by atoms with E-state index < -0.39 is 176 Å². The van der Waals surface area contributed by atoms with Crippen molar-refractivity contribution in [3.8, 4) is 34.1 Å². The van der Waals surface area contributed by atoms with E-state index in [-0.39, 0.29) is 11.1 Å². The Kier molecular flexibility index (Phi) is 21.2. The predicted octanol–water partition coefficient (Wildman–Crippen LogP) is -3.28. The van der Waals surface area contributed by atoms with Crippen molar-refractivity contribution < 1.29 is 93.6 Å². The van der Waals surface area contributed by atoms with Crippen molar-refractivity contribution in [3.63, 3.8) is 0 Å². The fraction of sp³-hybridized carbons (Fsp3) is 0.482. The average Bonchev–Trinajstić information content (AvgIpc) is 3.99. The van der Waals surface area contributed by atoms with E-state index in [0.29, 0.717) is 39.8 Å². The number of fused-ring (bicyclic) bond motifs is 2. The number of hydrogen-bond acceptors (Lipinski definition) is 20. The molecule has 3 fully saturated rings. The molecular weight excluding hydrogens is 1100 g/mol. The summed E-state index contributed by atoms with van der Waals surface area (Å²) < 4.78 is 11.4. The van der Waals surface area contributed by atoms with Crippen LogP contribution in [0.3, 0.4) is 0 Å². The average molecular weight is 1170 g/mol. The lowest BCUT2D eigenvalue weighted by Gasteiger charge is -2.34. The maximum Gasteiger partial charge on any atom is 0.251 e. The van der Waals surface area contributed by atoms with Crippen LogP contribution in [0.25, 0.3) is 22.6 Å². The molecule has 0 spiro atoms. The maximum absolute atomic E-state index is 14.6. The number of hydrogen-bond donors (Lipinski definition) is 15. The fourth-order valence-electron chi connectivity index (χ4n) is 10.1. The minimum absolute atomic E-state index is 0.0720. The summed E-state index contributed by atoms with van der Waals surface area (Å²) in [5.74, 6) is -10.5. The van der Waals surface area contributed by atoms with Gasteiger partial charge in [-0.25, -0.2) is 0 Å². The van der Waals surface area contributed by atoms with Crippen molar-refractivity contribution in [2.45, 2.75) is 145 Å². The molecular formula is C56H70N9O19. The number of nitrogens with one attached hydrogen (secondary N) is 5. The molecule has 28 nitrogen and oxygen atoms in total. The van der Waals surface area contributed by atoms with Crippen LogP contribution in [0.4, 0.5) is 0 Å². The highest BCUT2D eigenvalue weighted by Crippen LogP contribution is 2.30. The van der Waals surface area contributed by atoms with Crippen LogP contribution in [0, 0.1) is 12.0 Å². The number of unbranched alkanes of at least 4 members (excludes halogenated alkanes) is 2. The van der Waals surface area contributed by atoms with Gasteiger partial charge in [0.25, 0.3) is 5.91 Å². The smallest absolute Gasteiger partial charge is 0.251 e. The summed E-state index contributed by atoms with van der Waals surface area (Å²) in [6.45, 7) is 4.01. The van der Waals surface area contributed by atoms with E-state index in [1.54, 1.807) is 18.2 Å². The van der Waals surface area contributed by atoms with E-state index >= 15 is 0 Å². The number of phenolic OH excluding ortho intramolecular Hbond substituents is 1. The van der Waals surface area contributed by atoms with Crippen molar-refractivity contribution in [1.29, 1.82) is 0 Å². The lowest BCUT2D eigenvalue weighted by atomic mass is 9.96. The molecule has 3 aromatic carbocycles. The van der Waals surface area contributed by atoms with Crippen molar-refractivity contribution in [3.05, 3.63) is 90.0 Å². The van der Waals surface area contributed by atoms with Crippen molar-refractivity contribution >= 4 is 47.3 Å². The van der Waals surface area contributed by atoms with Gasteiger partial charge in [-0.1, -0.05) is 50.0 Å². The second-order valence-corrected chi connectivity index (χ2v) is 21.2. The van der Waals surface area contributed by atoms with Gasteiger partial charge in [-0.05, 0) is 67.4 Å².